The number of carbonyl (C=O) groups is 2. The van der Waals surface area contributed by atoms with Gasteiger partial charge in [0.1, 0.15) is 9.88 Å². The topological polar surface area (TPSA) is 235 Å². The summed E-state index contributed by atoms with van der Waals surface area (Å²) in [4.78, 5) is 38.1. The Hall–Kier alpha value is -4.52. The number of hydrogen-bond acceptors (Lipinski definition) is 16. The molecule has 7 N–H and O–H groups in total. The van der Waals surface area contributed by atoms with Crippen LogP contribution < -0.4 is 22.1 Å². The van der Waals surface area contributed by atoms with Crippen molar-refractivity contribution in [3.63, 3.8) is 0 Å². The van der Waals surface area contributed by atoms with Gasteiger partial charge in [0, 0.05) is 37.2 Å². The standard InChI is InChI=1S/C11H11N3OS2.C11H9N3S2.C9H7NO2S.C2H6N2S.CH4O3S.2CH4/c1-6-4-12-5-10-8(6)3-9(17-10)11(15)14-13-7(2)16;1-6-4-12-5-10-8(6)3-9(16-10)11-14-13-7(2)15-11;1-5-3-10-4-8-6(5)2-7(13-8)9(11)12;1-2(5)4-3;1-5(2,3)4;;/h3-5H,1-2H3,(H,13,16)(H,14,15);3-5H,1-2H3;2-4H,1H3,(H,11,12);3H2,1H3,(H,4,5);1H3,(H,2,3,4);2*1H4. The van der Waals surface area contributed by atoms with E-state index in [1.54, 1.807) is 67.4 Å². The van der Waals surface area contributed by atoms with E-state index >= 15 is 0 Å². The van der Waals surface area contributed by atoms with E-state index in [1.165, 1.54) is 43.2 Å². The van der Waals surface area contributed by atoms with Gasteiger partial charge in [-0.15, -0.1) is 44.2 Å². The normalized spacial score (nSPS) is 10.0. The molecule has 0 fully saturated rings. The molecule has 22 heteroatoms. The fraction of sp³-hybridized carbons (Fsp3) is 0.250. The van der Waals surface area contributed by atoms with Crippen LogP contribution in [-0.2, 0) is 10.1 Å². The van der Waals surface area contributed by atoms with E-state index in [9.17, 15) is 18.0 Å². The van der Waals surface area contributed by atoms with Crippen LogP contribution in [0.3, 0.4) is 0 Å². The first-order valence-corrected chi connectivity index (χ1v) is 21.7. The number of aromatic nitrogens is 5. The number of carbonyl (C=O) groups excluding carboxylic acids is 1. The lowest BCUT2D eigenvalue weighted by Gasteiger charge is -2.03. The number of aromatic carboxylic acids is 1. The summed E-state index contributed by atoms with van der Waals surface area (Å²) in [5.41, 5.74) is 10.7. The van der Waals surface area contributed by atoms with Crippen LogP contribution in [-0.4, -0.2) is 71.3 Å². The highest BCUT2D eigenvalue weighted by molar-refractivity contribution is 7.85. The van der Waals surface area contributed by atoms with E-state index < -0.39 is 16.1 Å². The molecule has 0 aliphatic rings. The molecule has 58 heavy (non-hydrogen) atoms. The summed E-state index contributed by atoms with van der Waals surface area (Å²) in [6, 6.07) is 5.74. The highest BCUT2D eigenvalue weighted by Gasteiger charge is 2.12. The van der Waals surface area contributed by atoms with Crippen LogP contribution in [0.25, 0.3) is 40.1 Å². The van der Waals surface area contributed by atoms with Crippen molar-refractivity contribution in [2.75, 3.05) is 6.26 Å². The Morgan fingerprint density at radius 2 is 1.10 bits per heavy atom. The zero-order valence-corrected chi connectivity index (χ0v) is 36.6. The van der Waals surface area contributed by atoms with Gasteiger partial charge in [0.25, 0.3) is 16.0 Å². The lowest BCUT2D eigenvalue weighted by molar-refractivity contribution is 0.0702. The van der Waals surface area contributed by atoms with Crippen LogP contribution in [0, 0.1) is 27.7 Å². The number of carboxylic acids is 1. The molecule has 7 rings (SSSR count). The molecule has 7 heterocycles. The molecule has 0 spiro atoms. The Morgan fingerprint density at radius 3 is 1.47 bits per heavy atom. The molecule has 0 atom stereocenters. The summed E-state index contributed by atoms with van der Waals surface area (Å²) < 4.78 is 29.0. The lowest BCUT2D eigenvalue weighted by atomic mass is 10.2. The van der Waals surface area contributed by atoms with E-state index in [4.69, 9.17) is 27.7 Å². The number of pyridine rings is 3. The summed E-state index contributed by atoms with van der Waals surface area (Å²) in [6.07, 6.45) is 11.5. The first-order chi connectivity index (χ1) is 26.3. The largest absolute Gasteiger partial charge is 0.477 e. The number of hydrazine groups is 2. The number of thiocarbonyl (C=S) groups is 2. The van der Waals surface area contributed by atoms with Crippen molar-refractivity contribution in [3.8, 4) is 9.88 Å². The fourth-order valence-corrected chi connectivity index (χ4v) is 8.05. The number of rotatable bonds is 3. The summed E-state index contributed by atoms with van der Waals surface area (Å²) >= 11 is 15.3. The number of thiophene rings is 3. The molecule has 0 saturated carbocycles. The first-order valence-electron chi connectivity index (χ1n) is 15.8. The van der Waals surface area contributed by atoms with Crippen LogP contribution in [0.4, 0.5) is 0 Å². The Morgan fingerprint density at radius 1 is 0.690 bits per heavy atom. The van der Waals surface area contributed by atoms with Crippen molar-refractivity contribution >= 4 is 132 Å². The molecule has 7 aromatic heterocycles. The van der Waals surface area contributed by atoms with Crippen molar-refractivity contribution in [1.82, 2.24) is 41.4 Å². The van der Waals surface area contributed by atoms with E-state index in [1.807, 2.05) is 39.2 Å². The van der Waals surface area contributed by atoms with Gasteiger partial charge in [-0.3, -0.25) is 41.0 Å². The Bertz CT molecular complexity index is 2590. The molecule has 1 amide bonds. The first kappa shape index (κ1) is 51.5. The van der Waals surface area contributed by atoms with Gasteiger partial charge in [-0.1, -0.05) is 50.6 Å². The number of hydrogen-bond donors (Lipinski definition) is 6. The second-order valence-electron chi connectivity index (χ2n) is 11.4. The average Bonchev–Trinajstić information content (AvgIpc) is 3.93. The summed E-state index contributed by atoms with van der Waals surface area (Å²) in [6.45, 7) is 11.4. The Balaban J connectivity index is 0.000000386. The molecule has 0 bridgehead atoms. The van der Waals surface area contributed by atoms with Crippen LogP contribution in [0.15, 0.2) is 55.4 Å². The highest BCUT2D eigenvalue weighted by Crippen LogP contribution is 2.35. The minimum absolute atomic E-state index is 0. The second kappa shape index (κ2) is 23.8. The summed E-state index contributed by atoms with van der Waals surface area (Å²) in [5, 5.41) is 22.3. The number of amides is 1. The van der Waals surface area contributed by atoms with Crippen molar-refractivity contribution in [3.05, 3.63) is 86.8 Å². The molecule has 15 nitrogen and oxygen atoms in total. The minimum Gasteiger partial charge on any atom is -0.477 e. The van der Waals surface area contributed by atoms with Gasteiger partial charge in [-0.25, -0.2) is 4.79 Å². The average molecular weight is 924 g/mol. The van der Waals surface area contributed by atoms with Gasteiger partial charge in [-0.05, 0) is 92.6 Å². The van der Waals surface area contributed by atoms with E-state index in [-0.39, 0.29) is 20.8 Å². The Kier molecular flexibility index (Phi) is 21.1. The second-order valence-corrected chi connectivity index (χ2v) is 18.6. The highest BCUT2D eigenvalue weighted by atomic mass is 32.2. The van der Waals surface area contributed by atoms with Crippen molar-refractivity contribution in [2.45, 2.75) is 56.4 Å². The molecule has 0 unspecified atom stereocenters. The van der Waals surface area contributed by atoms with Crippen molar-refractivity contribution in [2.24, 2.45) is 5.84 Å². The fourth-order valence-electron chi connectivity index (χ4n) is 4.21. The third-order valence-corrected chi connectivity index (χ3v) is 11.1. The van der Waals surface area contributed by atoms with Crippen LogP contribution in [0.2, 0.25) is 0 Å². The van der Waals surface area contributed by atoms with Gasteiger partial charge >= 0.3 is 5.97 Å². The number of nitrogens with two attached hydrogens (primary N) is 1. The van der Waals surface area contributed by atoms with Crippen LogP contribution >= 0.6 is 69.8 Å². The minimum atomic E-state index is -3.67. The number of fused-ring (bicyclic) bond motifs is 3. The number of nitrogens with zero attached hydrogens (tertiary/aromatic N) is 5. The summed E-state index contributed by atoms with van der Waals surface area (Å²) in [5.74, 6) is 3.72. The molecular weight excluding hydrogens is 879 g/mol. The maximum absolute atomic E-state index is 11.8. The number of aryl methyl sites for hydroxylation is 4. The van der Waals surface area contributed by atoms with Gasteiger partial charge in [-0.2, -0.15) is 8.42 Å². The SMILES string of the molecule is C.C.CC(=S)NN.CC(=S)NNC(=O)c1cc2c(C)cncc2s1.CS(=O)(=O)O.Cc1cncc2sc(C(=O)O)cc12.Cc1nnc(-c2cc3c(C)cncc3s2)s1. The third kappa shape index (κ3) is 16.4. The van der Waals surface area contributed by atoms with Gasteiger partial charge in [0.05, 0.1) is 40.1 Å². The van der Waals surface area contributed by atoms with E-state index in [0.717, 1.165) is 41.3 Å². The molecule has 312 valence electrons. The molecule has 0 radical (unpaired) electrons. The maximum atomic E-state index is 11.8. The quantitative estimate of drug-likeness (QED) is 0.0422. The lowest BCUT2D eigenvalue weighted by Crippen LogP contribution is -2.39. The zero-order chi connectivity index (χ0) is 41.7. The molecule has 7 aromatic rings. The van der Waals surface area contributed by atoms with E-state index in [0.29, 0.717) is 26.0 Å². The summed E-state index contributed by atoms with van der Waals surface area (Å²) in [7, 11) is -3.67. The Labute approximate surface area is 363 Å². The predicted molar refractivity (Wildman–Crippen MR) is 249 cm³/mol. The van der Waals surface area contributed by atoms with Crippen molar-refractivity contribution < 1.29 is 27.7 Å². The molecule has 0 aromatic carbocycles. The van der Waals surface area contributed by atoms with Crippen molar-refractivity contribution in [1.29, 1.82) is 0 Å². The van der Waals surface area contributed by atoms with Crippen LogP contribution in [0.5, 0.6) is 0 Å². The van der Waals surface area contributed by atoms with Gasteiger partial charge < -0.3 is 10.5 Å². The predicted octanol–water partition coefficient (Wildman–Crippen LogP) is 8.49. The maximum Gasteiger partial charge on any atom is 0.345 e. The number of carboxylic acid groups (broad SMARTS) is 1. The van der Waals surface area contributed by atoms with Gasteiger partial charge in [0.2, 0.25) is 0 Å². The molecule has 0 aliphatic heterocycles. The zero-order valence-electron chi connectivity index (χ0n) is 30.9. The smallest absolute Gasteiger partial charge is 0.345 e. The third-order valence-electron chi connectivity index (χ3n) is 6.66. The molecule has 0 saturated heterocycles. The monoisotopic (exact) mass is 923 g/mol. The molecule has 0 aliphatic carbocycles. The van der Waals surface area contributed by atoms with Gasteiger partial charge in [0.15, 0.2) is 5.01 Å². The number of nitrogens with one attached hydrogen (secondary N) is 3. The van der Waals surface area contributed by atoms with E-state index in [2.05, 4.69) is 66.6 Å². The van der Waals surface area contributed by atoms with Crippen LogP contribution in [0.1, 0.15) is 69.7 Å². The molecular formula is C36H45N9O6S7.